The van der Waals surface area contributed by atoms with Gasteiger partial charge in [0.15, 0.2) is 0 Å². The molecule has 9 aromatic heterocycles. The number of methoxy groups -OCH3 is 3. The van der Waals surface area contributed by atoms with Gasteiger partial charge in [0.25, 0.3) is 0 Å². The van der Waals surface area contributed by atoms with Crippen molar-refractivity contribution < 1.29 is 42.7 Å². The Hall–Kier alpha value is -7.62. The van der Waals surface area contributed by atoms with Gasteiger partial charge in [-0.15, -0.1) is 15.3 Å². The fourth-order valence-electron chi connectivity index (χ4n) is 12.6. The number of nitrogens with zero attached hydrogens (tertiary/aromatic N) is 14. The number of anilines is 3. The quantitative estimate of drug-likeness (QED) is 0.0414. The number of nitrogens with one attached hydrogen (secondary N) is 3. The Labute approximate surface area is 521 Å². The van der Waals surface area contributed by atoms with Crippen LogP contribution in [0.5, 0.6) is 0 Å². The highest BCUT2D eigenvalue weighted by Gasteiger charge is 2.32. The molecule has 3 atom stereocenters. The number of pyridine rings is 1. The van der Waals surface area contributed by atoms with Gasteiger partial charge in [0.1, 0.15) is 0 Å². The molecular formula is C64H86F3N17O6. The number of hydrogen-bond acceptors (Lipinski definition) is 18. The first-order valence-electron chi connectivity index (χ1n) is 31.3. The first-order chi connectivity index (χ1) is 43.3. The summed E-state index contributed by atoms with van der Waals surface area (Å²) in [5.41, 5.74) is 12.9. The van der Waals surface area contributed by atoms with Crippen molar-refractivity contribution in [3.63, 3.8) is 0 Å². The van der Waals surface area contributed by atoms with Crippen LogP contribution in [0.25, 0.3) is 50.1 Å². The third kappa shape index (κ3) is 16.3. The van der Waals surface area contributed by atoms with Crippen LogP contribution in [0.1, 0.15) is 145 Å². The van der Waals surface area contributed by atoms with E-state index >= 15 is 0 Å². The van der Waals surface area contributed by atoms with E-state index in [1.807, 2.05) is 90.7 Å². The summed E-state index contributed by atoms with van der Waals surface area (Å²) in [6.45, 7) is 9.94. The van der Waals surface area contributed by atoms with E-state index < -0.39 is 18.6 Å². The molecule has 3 fully saturated rings. The first-order valence-corrected chi connectivity index (χ1v) is 31.3. The zero-order valence-electron chi connectivity index (χ0n) is 52.7. The maximum atomic E-state index is 12.7. The van der Waals surface area contributed by atoms with E-state index in [4.69, 9.17) is 24.4 Å². The van der Waals surface area contributed by atoms with Crippen LogP contribution in [0.15, 0.2) is 79.8 Å². The number of fused-ring (bicyclic) bond motifs is 3. The van der Waals surface area contributed by atoms with Crippen molar-refractivity contribution in [3.8, 4) is 33.5 Å². The third-order valence-electron chi connectivity index (χ3n) is 17.1. The van der Waals surface area contributed by atoms with Crippen LogP contribution in [0.3, 0.4) is 0 Å². The van der Waals surface area contributed by atoms with Crippen LogP contribution in [-0.2, 0) is 27.8 Å². The topological polar surface area (TPSA) is 264 Å². The summed E-state index contributed by atoms with van der Waals surface area (Å²) in [6, 6.07) is 11.8. The lowest BCUT2D eigenvalue weighted by Crippen LogP contribution is -2.25. The molecule has 0 unspecified atom stereocenters. The van der Waals surface area contributed by atoms with Gasteiger partial charge in [0.2, 0.25) is 17.8 Å². The second kappa shape index (κ2) is 29.6. The van der Waals surface area contributed by atoms with Crippen LogP contribution < -0.4 is 16.0 Å². The van der Waals surface area contributed by atoms with Crippen LogP contribution in [0.2, 0.25) is 0 Å². The number of aromatic nitrogens is 14. The lowest BCUT2D eigenvalue weighted by atomic mass is 9.85. The van der Waals surface area contributed by atoms with Crippen LogP contribution in [-0.4, -0.2) is 167 Å². The molecular weight excluding hydrogens is 1160 g/mol. The highest BCUT2D eigenvalue weighted by molar-refractivity contribution is 5.83. The minimum atomic E-state index is -4.26. The summed E-state index contributed by atoms with van der Waals surface area (Å²) in [5.74, 6) is 2.25. The number of rotatable bonds is 20. The van der Waals surface area contributed by atoms with Crippen molar-refractivity contribution in [2.45, 2.75) is 178 Å². The highest BCUT2D eigenvalue weighted by atomic mass is 19.4. The SMILES string of the molecule is COCCn1cc(-c2cc(C3CCC(O)CC3)n3nc(N[C@@H](C)COC)ncc23)cn1.COC[C@H](C)Nc1ncc2c(-c3ccn(C)n3)cc(C3CCC(O)CC3)n2n1.Cc1cc(-c2cc(C3CCC(O)CC3)n3nc(N[C@@H](C)CC(F)(F)F)ncc23)ccn1. The Morgan fingerprint density at radius 1 is 0.556 bits per heavy atom. The Morgan fingerprint density at radius 2 is 1.00 bits per heavy atom. The van der Waals surface area contributed by atoms with Gasteiger partial charge in [0.05, 0.1) is 98.1 Å². The summed E-state index contributed by atoms with van der Waals surface area (Å²) < 4.78 is 63.2. The van der Waals surface area contributed by atoms with Crippen molar-refractivity contribution >= 4 is 34.4 Å². The largest absolute Gasteiger partial charge is 0.393 e. The number of ether oxygens (including phenoxy) is 3. The summed E-state index contributed by atoms with van der Waals surface area (Å²) in [5, 5.41) is 62.4. The summed E-state index contributed by atoms with van der Waals surface area (Å²) >= 11 is 0. The van der Waals surface area contributed by atoms with E-state index in [0.29, 0.717) is 50.1 Å². The van der Waals surface area contributed by atoms with Gasteiger partial charge >= 0.3 is 6.18 Å². The standard InChI is InChI=1S/C22H26F3N5O.C22H32N6O3.C20H28N6O2/c1-13-9-16(7-8-26-13)18-10-19(15-3-5-17(31)6-4-15)30-20(18)12-27-21(29-30)28-14(2)11-22(23,24)25;1-15(14-31-3)25-22-23-12-21-19(17-11-24-27(13-17)8-9-30-2)10-20(28(21)26-22)16-4-6-18(29)7-5-16;1-13(12-28-3)22-20-21-11-19-16(17-8-9-25(2)23-17)10-18(26(19)24-20)14-4-6-15(27)7-5-14/h7-10,12,14-15,17,31H,3-6,11H2,1-2H3,(H,28,29);10-13,15-16,18,29H,4-9,14H2,1-3H3,(H,25,26);8-11,13-15,27H,4-7,12H2,1-3H3,(H,22,24)/t14-,15?,17?;15-,16?,18?;13-,14?,15?/m000/s1. The smallest absolute Gasteiger partial charge is 0.391 e. The van der Waals surface area contributed by atoms with Crippen LogP contribution in [0, 0.1) is 6.92 Å². The van der Waals surface area contributed by atoms with E-state index in [0.717, 1.165) is 150 Å². The van der Waals surface area contributed by atoms with Crippen molar-refractivity contribution in [1.29, 1.82) is 0 Å². The molecule has 3 aliphatic rings. The molecule has 0 aliphatic heterocycles. The fourth-order valence-corrected chi connectivity index (χ4v) is 12.6. The molecule has 26 heteroatoms. The van der Waals surface area contributed by atoms with Gasteiger partial charge in [0, 0.05) is 128 Å². The Kier molecular flexibility index (Phi) is 21.5. The molecule has 90 heavy (non-hydrogen) atoms. The van der Waals surface area contributed by atoms with E-state index in [1.54, 1.807) is 42.9 Å². The number of alkyl halides is 3. The van der Waals surface area contributed by atoms with Crippen molar-refractivity contribution in [1.82, 2.24) is 68.3 Å². The number of aryl methyl sites for hydroxylation is 2. The lowest BCUT2D eigenvalue weighted by molar-refractivity contribution is -0.136. The number of halogens is 3. The third-order valence-corrected chi connectivity index (χ3v) is 17.1. The molecule has 3 aliphatic carbocycles. The number of aliphatic hydroxyl groups excluding tert-OH is 3. The molecule has 9 heterocycles. The molecule has 0 saturated heterocycles. The molecule has 3 saturated carbocycles. The van der Waals surface area contributed by atoms with Gasteiger partial charge in [-0.25, -0.2) is 28.5 Å². The van der Waals surface area contributed by atoms with E-state index in [-0.39, 0.29) is 42.3 Å². The van der Waals surface area contributed by atoms with Crippen molar-refractivity contribution in [2.24, 2.45) is 7.05 Å². The average Bonchev–Trinajstić information content (AvgIpc) is 1.64. The molecule has 0 bridgehead atoms. The Bertz CT molecular complexity index is 3760. The van der Waals surface area contributed by atoms with Crippen molar-refractivity contribution in [3.05, 3.63) is 103 Å². The maximum absolute atomic E-state index is 12.7. The molecule has 12 rings (SSSR count). The first kappa shape index (κ1) is 65.3. The van der Waals surface area contributed by atoms with E-state index in [1.165, 1.54) is 6.92 Å². The molecule has 0 radical (unpaired) electrons. The van der Waals surface area contributed by atoms with Crippen LogP contribution >= 0.6 is 0 Å². The Morgan fingerprint density at radius 3 is 1.42 bits per heavy atom. The van der Waals surface area contributed by atoms with Gasteiger partial charge < -0.3 is 45.5 Å². The summed E-state index contributed by atoms with van der Waals surface area (Å²) in [4.78, 5) is 17.6. The molecule has 0 aromatic carbocycles. The predicted octanol–water partition coefficient (Wildman–Crippen LogP) is 10.2. The Balaban J connectivity index is 0.000000149. The number of aliphatic hydroxyl groups is 3. The van der Waals surface area contributed by atoms with Gasteiger partial charge in [-0.1, -0.05) is 0 Å². The summed E-state index contributed by atoms with van der Waals surface area (Å²) in [7, 11) is 6.97. The highest BCUT2D eigenvalue weighted by Crippen LogP contribution is 2.41. The molecule has 0 spiro atoms. The zero-order chi connectivity index (χ0) is 63.6. The summed E-state index contributed by atoms with van der Waals surface area (Å²) in [6.07, 6.45) is 17.4. The second-order valence-electron chi connectivity index (χ2n) is 24.5. The monoisotopic (exact) mass is 1250 g/mol. The van der Waals surface area contributed by atoms with Gasteiger partial charge in [-0.3, -0.25) is 14.3 Å². The predicted molar refractivity (Wildman–Crippen MR) is 338 cm³/mol. The zero-order valence-corrected chi connectivity index (χ0v) is 52.7. The van der Waals surface area contributed by atoms with Crippen molar-refractivity contribution in [2.75, 3.05) is 57.1 Å². The van der Waals surface area contributed by atoms with E-state index in [9.17, 15) is 28.5 Å². The normalized spacial score (nSPS) is 20.7. The molecule has 6 N–H and O–H groups in total. The molecule has 0 amide bonds. The van der Waals surface area contributed by atoms with Crippen LogP contribution in [0.4, 0.5) is 31.0 Å². The number of hydrogen-bond donors (Lipinski definition) is 6. The average molecular weight is 1250 g/mol. The lowest BCUT2D eigenvalue weighted by Gasteiger charge is -2.25. The maximum Gasteiger partial charge on any atom is 0.391 e. The minimum absolute atomic E-state index is 0.102. The van der Waals surface area contributed by atoms with E-state index in [2.05, 4.69) is 69.4 Å². The van der Waals surface area contributed by atoms with Gasteiger partial charge in [-0.05, 0) is 147 Å². The second-order valence-corrected chi connectivity index (χ2v) is 24.5. The minimum Gasteiger partial charge on any atom is -0.393 e. The molecule has 9 aromatic rings. The molecule has 484 valence electrons. The fraction of sp³-hybridized carbons (Fsp3) is 0.547. The molecule has 23 nitrogen and oxygen atoms in total. The van der Waals surface area contributed by atoms with Gasteiger partial charge in [-0.2, -0.15) is 23.4 Å².